The summed E-state index contributed by atoms with van der Waals surface area (Å²) in [6.07, 6.45) is 2.87. The number of halogens is 1. The van der Waals surface area contributed by atoms with E-state index in [0.29, 0.717) is 36.5 Å². The molecule has 2 aromatic heterocycles. The molecule has 228 valence electrons. The summed E-state index contributed by atoms with van der Waals surface area (Å²) in [6, 6.07) is 9.38. The van der Waals surface area contributed by atoms with Crippen molar-refractivity contribution in [2.45, 2.75) is 29.4 Å². The van der Waals surface area contributed by atoms with Crippen LogP contribution >= 0.6 is 22.9 Å². The highest BCUT2D eigenvalue weighted by molar-refractivity contribution is 7.93. The number of carbonyl (C=O) groups is 2. The maximum atomic E-state index is 14.6. The number of benzene rings is 1. The lowest BCUT2D eigenvalue weighted by atomic mass is 9.87. The normalized spacial score (nSPS) is 22.1. The molecule has 1 unspecified atom stereocenters. The summed E-state index contributed by atoms with van der Waals surface area (Å²) >= 11 is 7.61. The number of nitrogens with zero attached hydrogens (tertiary/aromatic N) is 5. The number of aromatic nitrogens is 1. The summed E-state index contributed by atoms with van der Waals surface area (Å²) in [5.74, 6) is -0.975. The number of carbonyl (C=O) groups excluding carboxylic acids is 2. The van der Waals surface area contributed by atoms with Crippen LogP contribution in [0.25, 0.3) is 0 Å². The van der Waals surface area contributed by atoms with Gasteiger partial charge in [0.05, 0.1) is 23.3 Å². The molecule has 14 heteroatoms. The summed E-state index contributed by atoms with van der Waals surface area (Å²) < 4.78 is 40.2. The van der Waals surface area contributed by atoms with E-state index in [1.807, 2.05) is 0 Å². The third kappa shape index (κ3) is 5.16. The monoisotopic (exact) mass is 645 g/mol. The second-order valence-electron chi connectivity index (χ2n) is 10.9. The SMILES string of the molecule is COc1ncccc1C1(OC(=O)N2CCN(C3CCN(C)CC3)CC2)C(=O)N(S(=O)(=O)c2ccsc2)c2ccc(Cl)cc21. The minimum atomic E-state index is -4.38. The smallest absolute Gasteiger partial charge is 0.411 e. The van der Waals surface area contributed by atoms with Gasteiger partial charge in [0.2, 0.25) is 5.88 Å². The Bertz CT molecular complexity index is 1620. The number of sulfonamides is 1. The molecule has 2 fully saturated rings. The second-order valence-corrected chi connectivity index (χ2v) is 13.9. The van der Waals surface area contributed by atoms with E-state index in [2.05, 4.69) is 21.8 Å². The zero-order valence-corrected chi connectivity index (χ0v) is 26.2. The molecule has 11 nitrogen and oxygen atoms in total. The van der Waals surface area contributed by atoms with E-state index < -0.39 is 27.6 Å². The van der Waals surface area contributed by atoms with Crippen molar-refractivity contribution in [2.75, 3.05) is 57.7 Å². The molecule has 0 bridgehead atoms. The van der Waals surface area contributed by atoms with Gasteiger partial charge in [0.15, 0.2) is 0 Å². The Labute approximate surface area is 259 Å². The molecule has 3 aromatic rings. The van der Waals surface area contributed by atoms with Gasteiger partial charge in [-0.1, -0.05) is 11.6 Å². The first-order valence-corrected chi connectivity index (χ1v) is 16.7. The number of methoxy groups -OCH3 is 1. The van der Waals surface area contributed by atoms with Crippen LogP contribution in [0.3, 0.4) is 0 Å². The van der Waals surface area contributed by atoms with E-state index in [9.17, 15) is 18.0 Å². The molecule has 0 saturated carbocycles. The number of likely N-dealkylation sites (tertiary alicyclic amines) is 1. The molecular weight excluding hydrogens is 614 g/mol. The van der Waals surface area contributed by atoms with Crippen LogP contribution < -0.4 is 9.04 Å². The standard InChI is InChI=1S/C29H32ClN5O6S2/c1-32-11-7-21(8-12-32)33-13-15-34(16-14-33)28(37)41-29(23-4-3-10-31-26(23)40-2)24-18-20(30)5-6-25(24)35(27(29)36)43(38,39)22-9-17-42-19-22/h3-6,9-10,17-19,21H,7-8,11-16H2,1-2H3. The molecule has 2 saturated heterocycles. The number of anilines is 1. The second kappa shape index (κ2) is 11.7. The number of hydrogen-bond acceptors (Lipinski definition) is 10. The number of hydrogen-bond donors (Lipinski definition) is 0. The molecule has 0 spiro atoms. The van der Waals surface area contributed by atoms with Crippen LogP contribution in [0.1, 0.15) is 24.0 Å². The lowest BCUT2D eigenvalue weighted by Crippen LogP contribution is -2.55. The minimum absolute atomic E-state index is 0.0106. The number of rotatable bonds is 6. The van der Waals surface area contributed by atoms with Crippen molar-refractivity contribution < 1.29 is 27.5 Å². The highest BCUT2D eigenvalue weighted by Gasteiger charge is 2.61. The zero-order valence-electron chi connectivity index (χ0n) is 23.8. The van der Waals surface area contributed by atoms with E-state index in [0.717, 1.165) is 25.9 Å². The van der Waals surface area contributed by atoms with Crippen LogP contribution in [-0.2, 0) is 25.2 Å². The van der Waals surface area contributed by atoms with Gasteiger partial charge in [-0.2, -0.15) is 15.6 Å². The van der Waals surface area contributed by atoms with Crippen molar-refractivity contribution in [1.82, 2.24) is 19.7 Å². The molecule has 0 radical (unpaired) electrons. The maximum absolute atomic E-state index is 14.6. The van der Waals surface area contributed by atoms with Gasteiger partial charge in [0.25, 0.3) is 21.5 Å². The Balaban J connectivity index is 1.39. The lowest BCUT2D eigenvalue weighted by molar-refractivity contribution is -0.132. The number of piperidine rings is 1. The first kappa shape index (κ1) is 29.8. The number of pyridine rings is 1. The summed E-state index contributed by atoms with van der Waals surface area (Å²) in [6.45, 7) is 4.22. The van der Waals surface area contributed by atoms with Crippen LogP contribution in [-0.4, -0.2) is 99.6 Å². The zero-order chi connectivity index (χ0) is 30.4. The maximum Gasteiger partial charge on any atom is 0.411 e. The average Bonchev–Trinajstić information content (AvgIpc) is 3.64. The van der Waals surface area contributed by atoms with Crippen LogP contribution in [0.4, 0.5) is 10.5 Å². The van der Waals surface area contributed by atoms with Gasteiger partial charge in [-0.05, 0) is 74.8 Å². The molecule has 2 amide bonds. The third-order valence-corrected chi connectivity index (χ3v) is 11.2. The Kier molecular flexibility index (Phi) is 8.11. The Morgan fingerprint density at radius 1 is 1.07 bits per heavy atom. The van der Waals surface area contributed by atoms with Crippen molar-refractivity contribution in [3.05, 3.63) is 69.5 Å². The number of amides is 2. The van der Waals surface area contributed by atoms with Crippen molar-refractivity contribution in [3.63, 3.8) is 0 Å². The molecule has 0 N–H and O–H groups in total. The van der Waals surface area contributed by atoms with Crippen molar-refractivity contribution in [3.8, 4) is 5.88 Å². The Morgan fingerprint density at radius 2 is 1.81 bits per heavy atom. The lowest BCUT2D eigenvalue weighted by Gasteiger charge is -2.42. The van der Waals surface area contributed by atoms with Crippen molar-refractivity contribution >= 4 is 50.6 Å². The fourth-order valence-electron chi connectivity index (χ4n) is 6.14. The van der Waals surface area contributed by atoms with Gasteiger partial charge < -0.3 is 19.3 Å². The van der Waals surface area contributed by atoms with Crippen LogP contribution in [0.5, 0.6) is 5.88 Å². The minimum Gasteiger partial charge on any atom is -0.481 e. The van der Waals surface area contributed by atoms with Gasteiger partial charge in [0, 0.05) is 54.4 Å². The van der Waals surface area contributed by atoms with E-state index in [-0.39, 0.29) is 32.6 Å². The highest BCUT2D eigenvalue weighted by atomic mass is 35.5. The topological polar surface area (TPSA) is 113 Å². The first-order valence-electron chi connectivity index (χ1n) is 14.0. The van der Waals surface area contributed by atoms with Gasteiger partial charge in [-0.25, -0.2) is 18.2 Å². The third-order valence-electron chi connectivity index (χ3n) is 8.44. The van der Waals surface area contributed by atoms with Gasteiger partial charge in [-0.15, -0.1) is 0 Å². The summed E-state index contributed by atoms with van der Waals surface area (Å²) in [5, 5.41) is 3.29. The van der Waals surface area contributed by atoms with Crippen molar-refractivity contribution in [2.24, 2.45) is 0 Å². The van der Waals surface area contributed by atoms with Gasteiger partial charge >= 0.3 is 6.09 Å². The molecule has 43 heavy (non-hydrogen) atoms. The number of ether oxygens (including phenoxy) is 2. The van der Waals surface area contributed by atoms with Crippen LogP contribution in [0.2, 0.25) is 5.02 Å². The quantitative estimate of drug-likeness (QED) is 0.397. The predicted octanol–water partition coefficient (Wildman–Crippen LogP) is 3.63. The summed E-state index contributed by atoms with van der Waals surface area (Å²) in [7, 11) is -0.877. The Hall–Kier alpha value is -3.23. The van der Waals surface area contributed by atoms with Gasteiger partial charge in [0.1, 0.15) is 0 Å². The summed E-state index contributed by atoms with van der Waals surface area (Å²) in [4.78, 5) is 39.1. The Morgan fingerprint density at radius 3 is 2.49 bits per heavy atom. The molecule has 6 rings (SSSR count). The van der Waals surface area contributed by atoms with E-state index in [4.69, 9.17) is 21.1 Å². The molecule has 1 aromatic carbocycles. The predicted molar refractivity (Wildman–Crippen MR) is 162 cm³/mol. The molecule has 1 atom stereocenters. The number of thiophene rings is 1. The fraction of sp³-hybridized carbons (Fsp3) is 0.414. The average molecular weight is 646 g/mol. The highest BCUT2D eigenvalue weighted by Crippen LogP contribution is 2.52. The fourth-order valence-corrected chi connectivity index (χ4v) is 8.78. The molecule has 0 aliphatic carbocycles. The van der Waals surface area contributed by atoms with Crippen molar-refractivity contribution in [1.29, 1.82) is 0 Å². The molecule has 3 aliphatic heterocycles. The first-order chi connectivity index (χ1) is 20.7. The van der Waals surface area contributed by atoms with E-state index >= 15 is 0 Å². The van der Waals surface area contributed by atoms with Crippen LogP contribution in [0.15, 0.2) is 58.3 Å². The molecule has 5 heterocycles. The van der Waals surface area contributed by atoms with E-state index in [1.165, 1.54) is 54.3 Å². The molecule has 3 aliphatic rings. The van der Waals surface area contributed by atoms with E-state index in [1.54, 1.807) is 22.4 Å². The number of piperazine rings is 1. The van der Waals surface area contributed by atoms with Gasteiger partial charge in [-0.3, -0.25) is 9.69 Å². The largest absolute Gasteiger partial charge is 0.481 e. The molecular formula is C29H32ClN5O6S2. The summed E-state index contributed by atoms with van der Waals surface area (Å²) in [5.41, 5.74) is -2.00. The number of fused-ring (bicyclic) bond motifs is 1. The van der Waals surface area contributed by atoms with Crippen LogP contribution in [0, 0.1) is 0 Å².